The SMILES string of the molecule is C1CC(CN2CCC3CCC(C2)N3)OCO1. The van der Waals surface area contributed by atoms with Gasteiger partial charge in [0.25, 0.3) is 0 Å². The Morgan fingerprint density at radius 1 is 1.12 bits per heavy atom. The molecule has 0 aromatic carbocycles. The van der Waals surface area contributed by atoms with E-state index in [1.54, 1.807) is 0 Å². The number of nitrogens with one attached hydrogen (secondary N) is 1. The van der Waals surface area contributed by atoms with E-state index in [-0.39, 0.29) is 0 Å². The van der Waals surface area contributed by atoms with E-state index in [1.165, 1.54) is 32.4 Å². The predicted molar refractivity (Wildman–Crippen MR) is 61.3 cm³/mol. The minimum atomic E-state index is 0.394. The lowest BCUT2D eigenvalue weighted by atomic mass is 10.1. The van der Waals surface area contributed by atoms with E-state index >= 15 is 0 Å². The molecule has 3 atom stereocenters. The summed E-state index contributed by atoms with van der Waals surface area (Å²) in [6, 6.07) is 1.51. The van der Waals surface area contributed by atoms with Crippen molar-refractivity contribution in [3.8, 4) is 0 Å². The topological polar surface area (TPSA) is 33.7 Å². The smallest absolute Gasteiger partial charge is 0.147 e. The second-order valence-corrected chi connectivity index (χ2v) is 5.29. The average Bonchev–Trinajstić information content (AvgIpc) is 2.64. The molecule has 3 unspecified atom stereocenters. The molecule has 0 aliphatic carbocycles. The van der Waals surface area contributed by atoms with Gasteiger partial charge in [0, 0.05) is 25.2 Å². The highest BCUT2D eigenvalue weighted by Crippen LogP contribution is 2.21. The molecule has 3 aliphatic rings. The van der Waals surface area contributed by atoms with Crippen molar-refractivity contribution in [2.24, 2.45) is 0 Å². The summed E-state index contributed by atoms with van der Waals surface area (Å²) < 4.78 is 10.8. The number of hydrogen-bond donors (Lipinski definition) is 1. The van der Waals surface area contributed by atoms with Gasteiger partial charge < -0.3 is 14.8 Å². The zero-order valence-electron chi connectivity index (χ0n) is 9.86. The molecule has 3 saturated heterocycles. The summed E-state index contributed by atoms with van der Waals surface area (Å²) in [7, 11) is 0. The second kappa shape index (κ2) is 5.00. The maximum atomic E-state index is 5.62. The molecule has 1 N–H and O–H groups in total. The maximum Gasteiger partial charge on any atom is 0.147 e. The molecule has 3 heterocycles. The zero-order chi connectivity index (χ0) is 10.8. The van der Waals surface area contributed by atoms with Gasteiger partial charge in [-0.2, -0.15) is 0 Å². The van der Waals surface area contributed by atoms with Gasteiger partial charge in [-0.25, -0.2) is 0 Å². The van der Waals surface area contributed by atoms with Gasteiger partial charge in [-0.3, -0.25) is 4.90 Å². The van der Waals surface area contributed by atoms with Gasteiger partial charge in [0.15, 0.2) is 0 Å². The van der Waals surface area contributed by atoms with E-state index in [9.17, 15) is 0 Å². The molecule has 92 valence electrons. The van der Waals surface area contributed by atoms with Crippen LogP contribution in [0.3, 0.4) is 0 Å². The molecular weight excluding hydrogens is 204 g/mol. The third-order valence-electron chi connectivity index (χ3n) is 4.04. The molecule has 16 heavy (non-hydrogen) atoms. The standard InChI is InChI=1S/C12H22N2O2/c1-2-11-7-14(5-3-10(1)13-11)8-12-4-6-15-9-16-12/h10-13H,1-9H2. The summed E-state index contributed by atoms with van der Waals surface area (Å²) in [6.07, 6.45) is 5.49. The Kier molecular flexibility index (Phi) is 3.43. The fourth-order valence-corrected chi connectivity index (χ4v) is 3.11. The fourth-order valence-electron chi connectivity index (χ4n) is 3.11. The first kappa shape index (κ1) is 11.0. The highest BCUT2D eigenvalue weighted by Gasteiger charge is 2.30. The first-order chi connectivity index (χ1) is 7.90. The average molecular weight is 226 g/mol. The molecule has 2 bridgehead atoms. The minimum Gasteiger partial charge on any atom is -0.355 e. The van der Waals surface area contributed by atoms with E-state index in [4.69, 9.17) is 9.47 Å². The summed E-state index contributed by atoms with van der Waals surface area (Å²) in [6.45, 7) is 4.88. The molecular formula is C12H22N2O2. The lowest BCUT2D eigenvalue weighted by Crippen LogP contribution is -2.41. The van der Waals surface area contributed by atoms with Crippen LogP contribution in [0.2, 0.25) is 0 Å². The normalized spacial score (nSPS) is 40.9. The lowest BCUT2D eigenvalue weighted by molar-refractivity contribution is -0.144. The van der Waals surface area contributed by atoms with Crippen LogP contribution in [0.25, 0.3) is 0 Å². The highest BCUT2D eigenvalue weighted by molar-refractivity contribution is 4.90. The number of hydrogen-bond acceptors (Lipinski definition) is 4. The van der Waals surface area contributed by atoms with E-state index < -0.39 is 0 Å². The van der Waals surface area contributed by atoms with Crippen LogP contribution in [-0.4, -0.2) is 56.1 Å². The summed E-state index contributed by atoms with van der Waals surface area (Å²) in [5, 5.41) is 3.71. The monoisotopic (exact) mass is 226 g/mol. The van der Waals surface area contributed by atoms with Crippen molar-refractivity contribution in [3.63, 3.8) is 0 Å². The van der Waals surface area contributed by atoms with Crippen LogP contribution >= 0.6 is 0 Å². The molecule has 3 rings (SSSR count). The third kappa shape index (κ3) is 2.56. The summed E-state index contributed by atoms with van der Waals surface area (Å²) in [5.41, 5.74) is 0. The maximum absolute atomic E-state index is 5.62. The lowest BCUT2D eigenvalue weighted by Gasteiger charge is -2.30. The largest absolute Gasteiger partial charge is 0.355 e. The Bertz CT molecular complexity index is 231. The van der Waals surface area contributed by atoms with Crippen molar-refractivity contribution in [3.05, 3.63) is 0 Å². The number of fused-ring (bicyclic) bond motifs is 2. The Hall–Kier alpha value is -0.160. The minimum absolute atomic E-state index is 0.394. The van der Waals surface area contributed by atoms with Crippen molar-refractivity contribution >= 4 is 0 Å². The molecule has 0 amide bonds. The molecule has 0 aromatic heterocycles. The number of nitrogens with zero attached hydrogens (tertiary/aromatic N) is 1. The van der Waals surface area contributed by atoms with Crippen LogP contribution < -0.4 is 5.32 Å². The van der Waals surface area contributed by atoms with Gasteiger partial charge in [0.1, 0.15) is 6.79 Å². The third-order valence-corrected chi connectivity index (χ3v) is 4.04. The van der Waals surface area contributed by atoms with Crippen molar-refractivity contribution in [1.82, 2.24) is 10.2 Å². The molecule has 0 spiro atoms. The Labute approximate surface area is 97.3 Å². The van der Waals surface area contributed by atoms with Gasteiger partial charge in [-0.05, 0) is 32.2 Å². The second-order valence-electron chi connectivity index (χ2n) is 5.29. The van der Waals surface area contributed by atoms with Crippen LogP contribution in [0.4, 0.5) is 0 Å². The number of ether oxygens (including phenoxy) is 2. The van der Waals surface area contributed by atoms with Crippen molar-refractivity contribution in [2.45, 2.75) is 43.9 Å². The van der Waals surface area contributed by atoms with Gasteiger partial charge in [0.05, 0.1) is 12.7 Å². The quantitative estimate of drug-likeness (QED) is 0.746. The Balaban J connectivity index is 1.50. The number of rotatable bonds is 2. The predicted octanol–water partition coefficient (Wildman–Crippen LogP) is 0.576. The first-order valence-electron chi connectivity index (χ1n) is 6.58. The molecule has 4 heteroatoms. The molecule has 4 nitrogen and oxygen atoms in total. The van der Waals surface area contributed by atoms with Crippen molar-refractivity contribution < 1.29 is 9.47 Å². The molecule has 0 saturated carbocycles. The Morgan fingerprint density at radius 3 is 2.94 bits per heavy atom. The molecule has 3 aliphatic heterocycles. The van der Waals surface area contributed by atoms with E-state index in [0.29, 0.717) is 12.9 Å². The number of likely N-dealkylation sites (tertiary alicyclic amines) is 1. The van der Waals surface area contributed by atoms with Gasteiger partial charge in [0.2, 0.25) is 0 Å². The van der Waals surface area contributed by atoms with Crippen LogP contribution in [0.1, 0.15) is 25.7 Å². The molecule has 3 fully saturated rings. The van der Waals surface area contributed by atoms with Crippen molar-refractivity contribution in [2.75, 3.05) is 33.0 Å². The summed E-state index contributed by atoms with van der Waals surface area (Å²) in [4.78, 5) is 2.58. The van der Waals surface area contributed by atoms with E-state index in [0.717, 1.165) is 31.7 Å². The van der Waals surface area contributed by atoms with Crippen LogP contribution in [0.15, 0.2) is 0 Å². The summed E-state index contributed by atoms with van der Waals surface area (Å²) in [5.74, 6) is 0. The zero-order valence-corrected chi connectivity index (χ0v) is 9.86. The van der Waals surface area contributed by atoms with Crippen LogP contribution in [0.5, 0.6) is 0 Å². The fraction of sp³-hybridized carbons (Fsp3) is 1.00. The van der Waals surface area contributed by atoms with Crippen LogP contribution in [0, 0.1) is 0 Å². The van der Waals surface area contributed by atoms with E-state index in [1.807, 2.05) is 0 Å². The van der Waals surface area contributed by atoms with Gasteiger partial charge in [-0.15, -0.1) is 0 Å². The first-order valence-corrected chi connectivity index (χ1v) is 6.58. The van der Waals surface area contributed by atoms with E-state index in [2.05, 4.69) is 10.2 Å². The molecule has 0 radical (unpaired) electrons. The Morgan fingerprint density at radius 2 is 2.06 bits per heavy atom. The molecule has 0 aromatic rings. The van der Waals surface area contributed by atoms with Gasteiger partial charge >= 0.3 is 0 Å². The summed E-state index contributed by atoms with van der Waals surface area (Å²) >= 11 is 0. The van der Waals surface area contributed by atoms with Gasteiger partial charge in [-0.1, -0.05) is 0 Å². The van der Waals surface area contributed by atoms with Crippen molar-refractivity contribution in [1.29, 1.82) is 0 Å². The van der Waals surface area contributed by atoms with Crippen LogP contribution in [-0.2, 0) is 9.47 Å². The highest BCUT2D eigenvalue weighted by atomic mass is 16.7.